The molecule has 0 spiro atoms. The molecule has 1 aromatic rings. The van der Waals surface area contributed by atoms with Crippen LogP contribution in [0.25, 0.3) is 0 Å². The molecule has 0 atom stereocenters. The molecule has 1 rings (SSSR count). The molecule has 14 heavy (non-hydrogen) atoms. The number of aromatic amines is 1. The van der Waals surface area contributed by atoms with Crippen molar-refractivity contribution in [3.05, 3.63) is 18.2 Å². The van der Waals surface area contributed by atoms with Crippen molar-refractivity contribution in [1.82, 2.24) is 9.97 Å². The van der Waals surface area contributed by atoms with Gasteiger partial charge in [0.05, 0.1) is 6.33 Å². The minimum absolute atomic E-state index is 0.254. The Bertz CT molecular complexity index is 237. The second-order valence-electron chi connectivity index (χ2n) is 4.66. The number of imidazole rings is 1. The van der Waals surface area contributed by atoms with E-state index < -0.39 is 0 Å². The SMILES string of the molecule is CCCCCCC(C)(C)c1cnc[nH]1. The smallest absolute Gasteiger partial charge is 0.0921 e. The summed E-state index contributed by atoms with van der Waals surface area (Å²) in [5, 5.41) is 0. The molecule has 0 bridgehead atoms. The Balaban J connectivity index is 2.35. The van der Waals surface area contributed by atoms with Crippen LogP contribution in [-0.2, 0) is 5.41 Å². The molecule has 0 fully saturated rings. The van der Waals surface area contributed by atoms with Crippen molar-refractivity contribution in [3.63, 3.8) is 0 Å². The topological polar surface area (TPSA) is 28.7 Å². The monoisotopic (exact) mass is 194 g/mol. The average molecular weight is 194 g/mol. The molecule has 0 aliphatic carbocycles. The zero-order chi connectivity index (χ0) is 10.4. The normalized spacial score (nSPS) is 11.9. The van der Waals surface area contributed by atoms with Gasteiger partial charge in [0.15, 0.2) is 0 Å². The van der Waals surface area contributed by atoms with Gasteiger partial charge < -0.3 is 4.98 Å². The van der Waals surface area contributed by atoms with Crippen molar-refractivity contribution in [2.24, 2.45) is 0 Å². The number of nitrogens with zero attached hydrogens (tertiary/aromatic N) is 1. The molecule has 0 unspecified atom stereocenters. The molecule has 0 saturated carbocycles. The van der Waals surface area contributed by atoms with Crippen LogP contribution in [-0.4, -0.2) is 9.97 Å². The van der Waals surface area contributed by atoms with Crippen LogP contribution in [0, 0.1) is 0 Å². The van der Waals surface area contributed by atoms with E-state index in [1.165, 1.54) is 37.8 Å². The lowest BCUT2D eigenvalue weighted by atomic mass is 9.84. The second kappa shape index (κ2) is 5.18. The summed E-state index contributed by atoms with van der Waals surface area (Å²) < 4.78 is 0. The number of H-pyrrole nitrogens is 1. The van der Waals surface area contributed by atoms with E-state index in [0.29, 0.717) is 0 Å². The van der Waals surface area contributed by atoms with E-state index in [0.717, 1.165) is 0 Å². The predicted molar refractivity (Wildman–Crippen MR) is 60.4 cm³/mol. The maximum Gasteiger partial charge on any atom is 0.0921 e. The molecule has 0 radical (unpaired) electrons. The van der Waals surface area contributed by atoms with Gasteiger partial charge in [-0.3, -0.25) is 0 Å². The highest BCUT2D eigenvalue weighted by Crippen LogP contribution is 2.27. The van der Waals surface area contributed by atoms with Crippen molar-refractivity contribution < 1.29 is 0 Å². The number of hydrogen-bond acceptors (Lipinski definition) is 1. The van der Waals surface area contributed by atoms with E-state index >= 15 is 0 Å². The summed E-state index contributed by atoms with van der Waals surface area (Å²) in [4.78, 5) is 7.28. The summed E-state index contributed by atoms with van der Waals surface area (Å²) >= 11 is 0. The fourth-order valence-corrected chi connectivity index (χ4v) is 1.75. The first-order chi connectivity index (χ1) is 6.67. The zero-order valence-corrected chi connectivity index (χ0v) is 9.64. The number of nitrogens with one attached hydrogen (secondary N) is 1. The summed E-state index contributed by atoms with van der Waals surface area (Å²) in [6.07, 6.45) is 10.3. The molecular formula is C12H22N2. The molecule has 0 saturated heterocycles. The Kier molecular flexibility index (Phi) is 4.18. The fourth-order valence-electron chi connectivity index (χ4n) is 1.75. The van der Waals surface area contributed by atoms with E-state index in [1.54, 1.807) is 6.33 Å². The highest BCUT2D eigenvalue weighted by atomic mass is 14.9. The van der Waals surface area contributed by atoms with E-state index in [2.05, 4.69) is 30.7 Å². The Morgan fingerprint density at radius 2 is 2.07 bits per heavy atom. The fraction of sp³-hybridized carbons (Fsp3) is 0.750. The van der Waals surface area contributed by atoms with Crippen molar-refractivity contribution in [2.75, 3.05) is 0 Å². The highest BCUT2D eigenvalue weighted by Gasteiger charge is 2.20. The van der Waals surface area contributed by atoms with Crippen LogP contribution in [0.1, 0.15) is 58.6 Å². The molecule has 0 aliphatic heterocycles. The molecular weight excluding hydrogens is 172 g/mol. The van der Waals surface area contributed by atoms with E-state index in [4.69, 9.17) is 0 Å². The molecule has 2 nitrogen and oxygen atoms in total. The molecule has 80 valence electrons. The summed E-state index contributed by atoms with van der Waals surface area (Å²) in [6, 6.07) is 0. The molecule has 0 aromatic carbocycles. The lowest BCUT2D eigenvalue weighted by Crippen LogP contribution is -2.17. The number of rotatable bonds is 6. The van der Waals surface area contributed by atoms with Gasteiger partial charge in [0.1, 0.15) is 0 Å². The maximum absolute atomic E-state index is 4.08. The van der Waals surface area contributed by atoms with Gasteiger partial charge in [0.2, 0.25) is 0 Å². The van der Waals surface area contributed by atoms with Crippen LogP contribution in [0.3, 0.4) is 0 Å². The molecule has 1 heterocycles. The largest absolute Gasteiger partial charge is 0.348 e. The van der Waals surface area contributed by atoms with E-state index in [1.807, 2.05) is 6.20 Å². The van der Waals surface area contributed by atoms with Crippen molar-refractivity contribution in [3.8, 4) is 0 Å². The van der Waals surface area contributed by atoms with Crippen molar-refractivity contribution in [2.45, 2.75) is 58.3 Å². The third-order valence-electron chi connectivity index (χ3n) is 2.88. The summed E-state index contributed by atoms with van der Waals surface area (Å²) in [6.45, 7) is 6.82. The molecule has 2 heteroatoms. The van der Waals surface area contributed by atoms with Crippen LogP contribution in [0.2, 0.25) is 0 Å². The number of aromatic nitrogens is 2. The summed E-state index contributed by atoms with van der Waals surface area (Å²) in [5.74, 6) is 0. The van der Waals surface area contributed by atoms with Gasteiger partial charge in [-0.25, -0.2) is 4.98 Å². The van der Waals surface area contributed by atoms with Crippen LogP contribution < -0.4 is 0 Å². The quantitative estimate of drug-likeness (QED) is 0.688. The first-order valence-corrected chi connectivity index (χ1v) is 5.65. The van der Waals surface area contributed by atoms with E-state index in [9.17, 15) is 0 Å². The van der Waals surface area contributed by atoms with Gasteiger partial charge >= 0.3 is 0 Å². The second-order valence-corrected chi connectivity index (χ2v) is 4.66. The van der Waals surface area contributed by atoms with Crippen LogP contribution in [0.5, 0.6) is 0 Å². The first kappa shape index (κ1) is 11.3. The Labute approximate surface area is 87.1 Å². The number of hydrogen-bond donors (Lipinski definition) is 1. The molecule has 0 amide bonds. The van der Waals surface area contributed by atoms with Gasteiger partial charge in [0.25, 0.3) is 0 Å². The number of unbranched alkanes of at least 4 members (excludes halogenated alkanes) is 3. The molecule has 1 N–H and O–H groups in total. The summed E-state index contributed by atoms with van der Waals surface area (Å²) in [5.41, 5.74) is 1.51. The Morgan fingerprint density at radius 3 is 2.64 bits per heavy atom. The Morgan fingerprint density at radius 1 is 1.29 bits per heavy atom. The van der Waals surface area contributed by atoms with Crippen molar-refractivity contribution in [1.29, 1.82) is 0 Å². The van der Waals surface area contributed by atoms with Crippen molar-refractivity contribution >= 4 is 0 Å². The standard InChI is InChI=1S/C12H22N2/c1-4-5-6-7-8-12(2,3)11-9-13-10-14-11/h9-10H,4-8H2,1-3H3,(H,13,14). The van der Waals surface area contributed by atoms with Crippen LogP contribution in [0.4, 0.5) is 0 Å². The molecule has 1 aromatic heterocycles. The third-order valence-corrected chi connectivity index (χ3v) is 2.88. The molecule has 0 aliphatic rings. The lowest BCUT2D eigenvalue weighted by molar-refractivity contribution is 0.437. The van der Waals surface area contributed by atoms with Gasteiger partial charge in [-0.2, -0.15) is 0 Å². The zero-order valence-electron chi connectivity index (χ0n) is 9.64. The third kappa shape index (κ3) is 3.17. The average Bonchev–Trinajstić information content (AvgIpc) is 2.65. The predicted octanol–water partition coefficient (Wildman–Crippen LogP) is 3.66. The van der Waals surface area contributed by atoms with E-state index in [-0.39, 0.29) is 5.41 Å². The minimum atomic E-state index is 0.254. The van der Waals surface area contributed by atoms with Gasteiger partial charge in [-0.1, -0.05) is 46.5 Å². The minimum Gasteiger partial charge on any atom is -0.348 e. The van der Waals surface area contributed by atoms with Crippen LogP contribution in [0.15, 0.2) is 12.5 Å². The summed E-state index contributed by atoms with van der Waals surface area (Å²) in [7, 11) is 0. The van der Waals surface area contributed by atoms with Gasteiger partial charge in [0, 0.05) is 17.3 Å². The van der Waals surface area contributed by atoms with Gasteiger partial charge in [-0.15, -0.1) is 0 Å². The first-order valence-electron chi connectivity index (χ1n) is 5.65. The Hall–Kier alpha value is -0.790. The highest BCUT2D eigenvalue weighted by molar-refractivity contribution is 5.09. The lowest BCUT2D eigenvalue weighted by Gasteiger charge is -2.22. The van der Waals surface area contributed by atoms with Gasteiger partial charge in [-0.05, 0) is 6.42 Å². The van der Waals surface area contributed by atoms with Crippen LogP contribution >= 0.6 is 0 Å². The maximum atomic E-state index is 4.08.